The van der Waals surface area contributed by atoms with E-state index in [1.165, 1.54) is 77.0 Å². The Kier molecular flexibility index (Phi) is 18.8. The first kappa shape index (κ1) is 29.5. The molecule has 33 heavy (non-hydrogen) atoms. The largest absolute Gasteiger partial charge is 0.466 e. The molecule has 0 aliphatic heterocycles. The van der Waals surface area contributed by atoms with Gasteiger partial charge in [0.05, 0.1) is 26.1 Å². The van der Waals surface area contributed by atoms with Crippen LogP contribution in [0.25, 0.3) is 0 Å². The van der Waals surface area contributed by atoms with Crippen LogP contribution in [0.3, 0.4) is 0 Å². The second-order valence-electron chi connectivity index (χ2n) is 8.92. The number of hydrogen-bond acceptors (Lipinski definition) is 4. The van der Waals surface area contributed by atoms with Crippen molar-refractivity contribution in [1.82, 2.24) is 0 Å². The quantitative estimate of drug-likeness (QED) is 0.131. The van der Waals surface area contributed by atoms with E-state index in [4.69, 9.17) is 21.1 Å². The minimum atomic E-state index is -0.370. The molecule has 0 fully saturated rings. The SMILES string of the molecule is CCCCCCCCCCCCCCCCOC(=O)CCC(=O)OCCc1cccc(Cl)c1. The molecule has 0 spiro atoms. The number of rotatable bonds is 21. The summed E-state index contributed by atoms with van der Waals surface area (Å²) in [6.45, 7) is 2.99. The lowest BCUT2D eigenvalue weighted by Gasteiger charge is -2.07. The van der Waals surface area contributed by atoms with Crippen molar-refractivity contribution in [1.29, 1.82) is 0 Å². The van der Waals surface area contributed by atoms with Gasteiger partial charge in [0.1, 0.15) is 0 Å². The molecule has 0 saturated heterocycles. The first-order chi connectivity index (χ1) is 16.1. The molecule has 0 aliphatic rings. The molecule has 0 radical (unpaired) electrons. The summed E-state index contributed by atoms with van der Waals surface area (Å²) >= 11 is 5.93. The summed E-state index contributed by atoms with van der Waals surface area (Å²) in [6.07, 6.45) is 19.0. The number of halogens is 1. The Labute approximate surface area is 206 Å². The third kappa shape index (κ3) is 18.6. The summed E-state index contributed by atoms with van der Waals surface area (Å²) in [5, 5.41) is 0.667. The fraction of sp³-hybridized carbons (Fsp3) is 0.714. The predicted octanol–water partition coefficient (Wildman–Crippen LogP) is 8.23. The molecule has 0 heterocycles. The van der Waals surface area contributed by atoms with Crippen LogP contribution < -0.4 is 0 Å². The molecule has 1 aromatic rings. The number of carbonyl (C=O) groups excluding carboxylic acids is 2. The Morgan fingerprint density at radius 2 is 1.18 bits per heavy atom. The van der Waals surface area contributed by atoms with Crippen LogP contribution in [0, 0.1) is 0 Å². The molecule has 0 bridgehead atoms. The van der Waals surface area contributed by atoms with Crippen LogP contribution in [0.1, 0.15) is 115 Å². The van der Waals surface area contributed by atoms with E-state index in [9.17, 15) is 9.59 Å². The number of ether oxygens (including phenoxy) is 2. The highest BCUT2D eigenvalue weighted by atomic mass is 35.5. The third-order valence-corrected chi connectivity index (χ3v) is 6.07. The van der Waals surface area contributed by atoms with Gasteiger partial charge in [0, 0.05) is 11.4 Å². The zero-order valence-electron chi connectivity index (χ0n) is 20.8. The van der Waals surface area contributed by atoms with Crippen LogP contribution in [-0.2, 0) is 25.5 Å². The smallest absolute Gasteiger partial charge is 0.306 e. The van der Waals surface area contributed by atoms with Crippen molar-refractivity contribution >= 4 is 23.5 Å². The van der Waals surface area contributed by atoms with Crippen molar-refractivity contribution in [2.75, 3.05) is 13.2 Å². The standard InChI is InChI=1S/C28H45ClO4/c1-2-3-4-5-6-7-8-9-10-11-12-13-14-15-22-32-27(30)19-20-28(31)33-23-21-25-17-16-18-26(29)24-25/h16-18,24H,2-15,19-23H2,1H3. The maximum absolute atomic E-state index is 11.8. The average Bonchev–Trinajstić information content (AvgIpc) is 2.80. The van der Waals surface area contributed by atoms with Gasteiger partial charge in [0.15, 0.2) is 0 Å². The van der Waals surface area contributed by atoms with Crippen molar-refractivity contribution in [2.24, 2.45) is 0 Å². The van der Waals surface area contributed by atoms with Crippen molar-refractivity contribution < 1.29 is 19.1 Å². The molecule has 1 rings (SSSR count). The highest BCUT2D eigenvalue weighted by Crippen LogP contribution is 2.13. The van der Waals surface area contributed by atoms with Gasteiger partial charge in [-0.05, 0) is 24.1 Å². The van der Waals surface area contributed by atoms with Crippen LogP contribution >= 0.6 is 11.6 Å². The van der Waals surface area contributed by atoms with Crippen LogP contribution in [0.2, 0.25) is 5.02 Å². The highest BCUT2D eigenvalue weighted by Gasteiger charge is 2.09. The summed E-state index contributed by atoms with van der Waals surface area (Å²) in [4.78, 5) is 23.5. The van der Waals surface area contributed by atoms with Gasteiger partial charge in [0.25, 0.3) is 0 Å². The number of benzene rings is 1. The molecule has 1 aromatic carbocycles. The molecule has 188 valence electrons. The lowest BCUT2D eigenvalue weighted by Crippen LogP contribution is -2.12. The van der Waals surface area contributed by atoms with E-state index in [0.717, 1.165) is 18.4 Å². The Morgan fingerprint density at radius 3 is 1.70 bits per heavy atom. The van der Waals surface area contributed by atoms with E-state index in [1.54, 1.807) is 6.07 Å². The molecule has 4 nitrogen and oxygen atoms in total. The normalized spacial score (nSPS) is 10.8. The summed E-state index contributed by atoms with van der Waals surface area (Å²) in [5.41, 5.74) is 1.02. The summed E-state index contributed by atoms with van der Waals surface area (Å²) in [5.74, 6) is -0.693. The second-order valence-corrected chi connectivity index (χ2v) is 9.35. The van der Waals surface area contributed by atoms with Crippen molar-refractivity contribution in [2.45, 2.75) is 116 Å². The molecule has 0 unspecified atom stereocenters. The van der Waals surface area contributed by atoms with E-state index in [-0.39, 0.29) is 31.4 Å². The van der Waals surface area contributed by atoms with E-state index in [0.29, 0.717) is 18.1 Å². The second kappa shape index (κ2) is 21.0. The van der Waals surface area contributed by atoms with Crippen LogP contribution in [0.15, 0.2) is 24.3 Å². The van der Waals surface area contributed by atoms with Gasteiger partial charge in [-0.25, -0.2) is 0 Å². The topological polar surface area (TPSA) is 52.6 Å². The van der Waals surface area contributed by atoms with Crippen LogP contribution in [-0.4, -0.2) is 25.2 Å². The lowest BCUT2D eigenvalue weighted by atomic mass is 10.0. The molecule has 0 atom stereocenters. The van der Waals surface area contributed by atoms with Crippen LogP contribution in [0.5, 0.6) is 0 Å². The van der Waals surface area contributed by atoms with E-state index < -0.39 is 0 Å². The Balaban J connectivity index is 1.84. The minimum Gasteiger partial charge on any atom is -0.466 e. The first-order valence-corrected chi connectivity index (χ1v) is 13.5. The van der Waals surface area contributed by atoms with Crippen molar-refractivity contribution in [3.63, 3.8) is 0 Å². The van der Waals surface area contributed by atoms with Gasteiger partial charge in [-0.2, -0.15) is 0 Å². The number of unbranched alkanes of at least 4 members (excludes halogenated alkanes) is 13. The van der Waals surface area contributed by atoms with Crippen molar-refractivity contribution in [3.05, 3.63) is 34.9 Å². The molecular formula is C28H45ClO4. The summed E-state index contributed by atoms with van der Waals surface area (Å²) in [6, 6.07) is 7.47. The molecule has 0 amide bonds. The highest BCUT2D eigenvalue weighted by molar-refractivity contribution is 6.30. The lowest BCUT2D eigenvalue weighted by molar-refractivity contribution is -0.150. The van der Waals surface area contributed by atoms with Gasteiger partial charge >= 0.3 is 11.9 Å². The minimum absolute atomic E-state index is 0.0626. The Hall–Kier alpha value is -1.55. The maximum Gasteiger partial charge on any atom is 0.306 e. The molecule has 5 heteroatoms. The van der Waals surface area contributed by atoms with E-state index in [1.807, 2.05) is 18.2 Å². The first-order valence-electron chi connectivity index (χ1n) is 13.2. The third-order valence-electron chi connectivity index (χ3n) is 5.84. The molecule has 0 aliphatic carbocycles. The molecule has 0 saturated carbocycles. The van der Waals surface area contributed by atoms with Gasteiger partial charge in [-0.1, -0.05) is 114 Å². The Bertz CT molecular complexity index is 632. The predicted molar refractivity (Wildman–Crippen MR) is 137 cm³/mol. The maximum atomic E-state index is 11.8. The van der Waals surface area contributed by atoms with E-state index >= 15 is 0 Å². The fourth-order valence-corrected chi connectivity index (χ4v) is 4.02. The average molecular weight is 481 g/mol. The molecule has 0 aromatic heterocycles. The van der Waals surface area contributed by atoms with Gasteiger partial charge in [-0.3, -0.25) is 9.59 Å². The summed E-state index contributed by atoms with van der Waals surface area (Å²) in [7, 11) is 0. The number of carbonyl (C=O) groups is 2. The van der Waals surface area contributed by atoms with Gasteiger partial charge in [-0.15, -0.1) is 0 Å². The summed E-state index contributed by atoms with van der Waals surface area (Å²) < 4.78 is 10.4. The zero-order valence-corrected chi connectivity index (χ0v) is 21.5. The Morgan fingerprint density at radius 1 is 0.697 bits per heavy atom. The van der Waals surface area contributed by atoms with E-state index in [2.05, 4.69) is 6.92 Å². The van der Waals surface area contributed by atoms with Gasteiger partial charge < -0.3 is 9.47 Å². The number of esters is 2. The monoisotopic (exact) mass is 480 g/mol. The number of hydrogen-bond donors (Lipinski definition) is 0. The molecule has 0 N–H and O–H groups in total. The fourth-order valence-electron chi connectivity index (χ4n) is 3.81. The zero-order chi connectivity index (χ0) is 24.0. The van der Waals surface area contributed by atoms with Crippen molar-refractivity contribution in [3.8, 4) is 0 Å². The van der Waals surface area contributed by atoms with Gasteiger partial charge in [0.2, 0.25) is 0 Å². The van der Waals surface area contributed by atoms with Crippen LogP contribution in [0.4, 0.5) is 0 Å². The molecular weight excluding hydrogens is 436 g/mol.